The molecule has 1 aromatic rings. The molecule has 1 aromatic heterocycles. The maximum Gasteiger partial charge on any atom is 0.308 e. The Morgan fingerprint density at radius 1 is 1.33 bits per heavy atom. The molecule has 1 amide bonds. The van der Waals surface area contributed by atoms with Crippen LogP contribution in [0.25, 0.3) is 0 Å². The second-order valence-electron chi connectivity index (χ2n) is 5.66. The Hall–Kier alpha value is -1.36. The summed E-state index contributed by atoms with van der Waals surface area (Å²) in [6.07, 6.45) is 6.22. The average Bonchev–Trinajstić information content (AvgIpc) is 3.00. The van der Waals surface area contributed by atoms with E-state index in [1.54, 1.807) is 16.2 Å². The molecule has 0 saturated carbocycles. The molecular weight excluding hydrogens is 286 g/mol. The largest absolute Gasteiger partial charge is 0.481 e. The molecular formula is C16H23NO3S. The van der Waals surface area contributed by atoms with Gasteiger partial charge in [0.25, 0.3) is 0 Å². The van der Waals surface area contributed by atoms with Crippen molar-refractivity contribution in [2.24, 2.45) is 5.92 Å². The van der Waals surface area contributed by atoms with Crippen molar-refractivity contribution in [1.82, 2.24) is 4.90 Å². The van der Waals surface area contributed by atoms with Crippen LogP contribution in [-0.4, -0.2) is 35.0 Å². The van der Waals surface area contributed by atoms with Gasteiger partial charge in [-0.25, -0.2) is 0 Å². The number of hydrogen-bond acceptors (Lipinski definition) is 3. The lowest BCUT2D eigenvalue weighted by atomic mass is 9.98. The van der Waals surface area contributed by atoms with E-state index in [1.807, 2.05) is 0 Å². The zero-order valence-electron chi connectivity index (χ0n) is 12.3. The van der Waals surface area contributed by atoms with Crippen molar-refractivity contribution < 1.29 is 14.7 Å². The van der Waals surface area contributed by atoms with Crippen LogP contribution in [0.15, 0.2) is 17.5 Å². The molecule has 1 aliphatic heterocycles. The summed E-state index contributed by atoms with van der Waals surface area (Å²) in [7, 11) is 0. The van der Waals surface area contributed by atoms with E-state index < -0.39 is 5.97 Å². The van der Waals surface area contributed by atoms with Gasteiger partial charge in [-0.2, -0.15) is 0 Å². The number of aliphatic carboxylic acids is 1. The minimum atomic E-state index is -0.775. The van der Waals surface area contributed by atoms with E-state index in [-0.39, 0.29) is 11.8 Å². The van der Waals surface area contributed by atoms with Gasteiger partial charge in [0, 0.05) is 24.4 Å². The van der Waals surface area contributed by atoms with E-state index in [4.69, 9.17) is 5.11 Å². The van der Waals surface area contributed by atoms with E-state index in [2.05, 4.69) is 17.5 Å². The molecule has 0 bridgehead atoms. The van der Waals surface area contributed by atoms with Gasteiger partial charge in [-0.15, -0.1) is 11.3 Å². The van der Waals surface area contributed by atoms with E-state index in [1.165, 1.54) is 4.88 Å². The number of likely N-dealkylation sites (tertiary alicyclic amines) is 1. The van der Waals surface area contributed by atoms with E-state index in [9.17, 15) is 9.59 Å². The minimum Gasteiger partial charge on any atom is -0.481 e. The number of thiophene rings is 1. The number of unbranched alkanes of at least 4 members (excludes halogenated alkanes) is 2. The summed E-state index contributed by atoms with van der Waals surface area (Å²) in [6.45, 7) is 1.11. The number of piperidine rings is 1. The number of amides is 1. The Morgan fingerprint density at radius 3 is 2.90 bits per heavy atom. The Bertz CT molecular complexity index is 458. The highest BCUT2D eigenvalue weighted by Gasteiger charge is 2.27. The van der Waals surface area contributed by atoms with Crippen LogP contribution in [0.5, 0.6) is 0 Å². The summed E-state index contributed by atoms with van der Waals surface area (Å²) < 4.78 is 0. The molecule has 1 fully saturated rings. The Labute approximate surface area is 129 Å². The van der Waals surface area contributed by atoms with Gasteiger partial charge in [-0.1, -0.05) is 12.5 Å². The Morgan fingerprint density at radius 2 is 2.19 bits per heavy atom. The van der Waals surface area contributed by atoms with Crippen molar-refractivity contribution in [3.05, 3.63) is 22.4 Å². The first-order valence-corrected chi connectivity index (χ1v) is 8.58. The first kappa shape index (κ1) is 16.0. The van der Waals surface area contributed by atoms with Gasteiger partial charge in [0.1, 0.15) is 0 Å². The molecule has 1 atom stereocenters. The quantitative estimate of drug-likeness (QED) is 0.787. The van der Waals surface area contributed by atoms with Gasteiger partial charge in [0.2, 0.25) is 5.91 Å². The number of hydrogen-bond donors (Lipinski definition) is 1. The highest BCUT2D eigenvalue weighted by molar-refractivity contribution is 7.09. The minimum absolute atomic E-state index is 0.122. The van der Waals surface area contributed by atoms with Crippen LogP contribution in [0.3, 0.4) is 0 Å². The number of carbonyl (C=O) groups is 2. The van der Waals surface area contributed by atoms with Gasteiger partial charge in [-0.3, -0.25) is 9.59 Å². The van der Waals surface area contributed by atoms with E-state index >= 15 is 0 Å². The fourth-order valence-electron chi connectivity index (χ4n) is 2.77. The lowest BCUT2D eigenvalue weighted by Crippen LogP contribution is -2.42. The molecule has 0 aliphatic carbocycles. The number of nitrogens with zero attached hydrogens (tertiary/aromatic N) is 1. The van der Waals surface area contributed by atoms with Gasteiger partial charge in [-0.05, 0) is 43.6 Å². The van der Waals surface area contributed by atoms with Crippen LogP contribution < -0.4 is 0 Å². The fraction of sp³-hybridized carbons (Fsp3) is 0.625. The van der Waals surface area contributed by atoms with Crippen LogP contribution in [0.2, 0.25) is 0 Å². The average molecular weight is 309 g/mol. The number of carboxylic acid groups (broad SMARTS) is 1. The van der Waals surface area contributed by atoms with E-state index in [0.29, 0.717) is 19.4 Å². The molecule has 1 N–H and O–H groups in total. The van der Waals surface area contributed by atoms with E-state index in [0.717, 1.165) is 38.6 Å². The first-order valence-electron chi connectivity index (χ1n) is 7.70. The lowest BCUT2D eigenvalue weighted by molar-refractivity contribution is -0.145. The highest BCUT2D eigenvalue weighted by Crippen LogP contribution is 2.18. The van der Waals surface area contributed by atoms with Crippen molar-refractivity contribution in [2.45, 2.75) is 44.9 Å². The van der Waals surface area contributed by atoms with Crippen LogP contribution >= 0.6 is 11.3 Å². The van der Waals surface area contributed by atoms with Crippen molar-refractivity contribution in [3.63, 3.8) is 0 Å². The molecule has 2 heterocycles. The molecule has 0 aromatic carbocycles. The zero-order valence-corrected chi connectivity index (χ0v) is 13.1. The van der Waals surface area contributed by atoms with Crippen LogP contribution in [0.4, 0.5) is 0 Å². The molecule has 2 rings (SSSR count). The Kier molecular flexibility index (Phi) is 6.23. The van der Waals surface area contributed by atoms with Crippen LogP contribution in [-0.2, 0) is 16.0 Å². The third-order valence-electron chi connectivity index (χ3n) is 4.02. The smallest absolute Gasteiger partial charge is 0.308 e. The summed E-state index contributed by atoms with van der Waals surface area (Å²) >= 11 is 1.78. The molecule has 21 heavy (non-hydrogen) atoms. The topological polar surface area (TPSA) is 57.6 Å². The number of carboxylic acids is 1. The maximum absolute atomic E-state index is 12.1. The van der Waals surface area contributed by atoms with Gasteiger partial charge >= 0.3 is 5.97 Å². The molecule has 0 unspecified atom stereocenters. The van der Waals surface area contributed by atoms with Gasteiger partial charge in [0.05, 0.1) is 5.92 Å². The molecule has 4 nitrogen and oxygen atoms in total. The van der Waals surface area contributed by atoms with Crippen molar-refractivity contribution >= 4 is 23.2 Å². The first-order chi connectivity index (χ1) is 10.2. The van der Waals surface area contributed by atoms with Crippen molar-refractivity contribution in [1.29, 1.82) is 0 Å². The van der Waals surface area contributed by atoms with Gasteiger partial charge in [0.15, 0.2) is 0 Å². The summed E-state index contributed by atoms with van der Waals surface area (Å²) in [5.74, 6) is -1.03. The standard InChI is InChI=1S/C16H23NO3S/c18-15(17-10-4-6-13(12-17)16(19)20)9-3-1-2-7-14-8-5-11-21-14/h5,8,11,13H,1-4,6-7,9-10,12H2,(H,19,20)/t13-/m0/s1. The fourth-order valence-corrected chi connectivity index (χ4v) is 3.52. The highest BCUT2D eigenvalue weighted by atomic mass is 32.1. The number of rotatable bonds is 7. The zero-order chi connectivity index (χ0) is 15.1. The SMILES string of the molecule is O=C(O)[C@H]1CCCN(C(=O)CCCCCc2cccs2)C1. The van der Waals surface area contributed by atoms with Gasteiger partial charge < -0.3 is 10.0 Å². The van der Waals surface area contributed by atoms with Crippen LogP contribution in [0.1, 0.15) is 43.4 Å². The lowest BCUT2D eigenvalue weighted by Gasteiger charge is -2.30. The summed E-state index contributed by atoms with van der Waals surface area (Å²) in [4.78, 5) is 26.2. The normalized spacial score (nSPS) is 18.7. The third-order valence-corrected chi connectivity index (χ3v) is 4.95. The maximum atomic E-state index is 12.1. The molecule has 1 aliphatic rings. The van der Waals surface area contributed by atoms with Crippen molar-refractivity contribution in [2.75, 3.05) is 13.1 Å². The molecule has 0 spiro atoms. The summed E-state index contributed by atoms with van der Waals surface area (Å²) in [5, 5.41) is 11.1. The third kappa shape index (κ3) is 5.16. The second-order valence-corrected chi connectivity index (χ2v) is 6.69. The van der Waals surface area contributed by atoms with Crippen molar-refractivity contribution in [3.8, 4) is 0 Å². The number of carbonyl (C=O) groups excluding carboxylic acids is 1. The predicted octanol–water partition coefficient (Wildman–Crippen LogP) is 3.17. The summed E-state index contributed by atoms with van der Waals surface area (Å²) in [5.41, 5.74) is 0. The second kappa shape index (κ2) is 8.17. The molecule has 5 heteroatoms. The number of aryl methyl sites for hydroxylation is 1. The molecule has 1 saturated heterocycles. The molecule has 0 radical (unpaired) electrons. The molecule has 116 valence electrons. The summed E-state index contributed by atoms with van der Waals surface area (Å²) in [6, 6.07) is 4.22. The van der Waals surface area contributed by atoms with Crippen LogP contribution in [0, 0.1) is 5.92 Å². The Balaban J connectivity index is 1.61. The predicted molar refractivity (Wildman–Crippen MR) is 83.4 cm³/mol. The monoisotopic (exact) mass is 309 g/mol.